The fraction of sp³-hybridized carbons (Fsp3) is 0.692. The van der Waals surface area contributed by atoms with Gasteiger partial charge in [0.2, 0.25) is 0 Å². The van der Waals surface area contributed by atoms with Gasteiger partial charge in [0.25, 0.3) is 0 Å². The summed E-state index contributed by atoms with van der Waals surface area (Å²) in [5.41, 5.74) is 7.47. The molecule has 1 fully saturated rings. The first-order valence-electron chi connectivity index (χ1n) is 6.31. The summed E-state index contributed by atoms with van der Waals surface area (Å²) in [7, 11) is 0. The lowest BCUT2D eigenvalue weighted by Crippen LogP contribution is -2.46. The van der Waals surface area contributed by atoms with Crippen molar-refractivity contribution in [3.63, 3.8) is 0 Å². The third-order valence-electron chi connectivity index (χ3n) is 3.49. The summed E-state index contributed by atoms with van der Waals surface area (Å²) in [6.07, 6.45) is 1.80. The number of β-amino-alcohol motifs (C(OH)–C–C–N with tert-alkyl or cyclic N) is 1. The number of aryl methyl sites for hydroxylation is 1. The van der Waals surface area contributed by atoms with E-state index in [4.69, 9.17) is 5.73 Å². The molecule has 3 nitrogen and oxygen atoms in total. The zero-order valence-electron chi connectivity index (χ0n) is 10.6. The van der Waals surface area contributed by atoms with Gasteiger partial charge in [0.1, 0.15) is 0 Å². The van der Waals surface area contributed by atoms with Crippen LogP contribution >= 0.6 is 11.3 Å². The van der Waals surface area contributed by atoms with Gasteiger partial charge in [-0.15, -0.1) is 11.3 Å². The van der Waals surface area contributed by atoms with Crippen LogP contribution in [0.15, 0.2) is 11.4 Å². The molecule has 0 radical (unpaired) electrons. The van der Waals surface area contributed by atoms with Crippen molar-refractivity contribution in [2.45, 2.75) is 44.9 Å². The zero-order valence-corrected chi connectivity index (χ0v) is 11.4. The third kappa shape index (κ3) is 2.88. The van der Waals surface area contributed by atoms with Crippen LogP contribution in [0.2, 0.25) is 0 Å². The van der Waals surface area contributed by atoms with E-state index in [1.165, 1.54) is 10.4 Å². The monoisotopic (exact) mass is 254 g/mol. The fourth-order valence-corrected chi connectivity index (χ4v) is 3.84. The van der Waals surface area contributed by atoms with Crippen LogP contribution in [0.25, 0.3) is 0 Å². The molecule has 3 N–H and O–H groups in total. The SMILES string of the molecule is Cc1ccsc1C(C(C)N)N1CCCC(O)C1. The van der Waals surface area contributed by atoms with E-state index < -0.39 is 0 Å². The lowest BCUT2D eigenvalue weighted by Gasteiger charge is -2.38. The smallest absolute Gasteiger partial charge is 0.0667 e. The van der Waals surface area contributed by atoms with E-state index in [9.17, 15) is 5.11 Å². The molecular weight excluding hydrogens is 232 g/mol. The van der Waals surface area contributed by atoms with Gasteiger partial charge in [-0.2, -0.15) is 0 Å². The Hall–Kier alpha value is -0.420. The van der Waals surface area contributed by atoms with Gasteiger partial charge < -0.3 is 10.8 Å². The van der Waals surface area contributed by atoms with E-state index in [0.29, 0.717) is 0 Å². The highest BCUT2D eigenvalue weighted by Gasteiger charge is 2.29. The van der Waals surface area contributed by atoms with Gasteiger partial charge in [0.05, 0.1) is 12.1 Å². The molecule has 1 aromatic rings. The van der Waals surface area contributed by atoms with Crippen molar-refractivity contribution in [1.82, 2.24) is 4.90 Å². The maximum Gasteiger partial charge on any atom is 0.0667 e. The highest BCUT2D eigenvalue weighted by Crippen LogP contribution is 2.32. The number of likely N-dealkylation sites (tertiary alicyclic amines) is 1. The van der Waals surface area contributed by atoms with E-state index in [1.54, 1.807) is 11.3 Å². The topological polar surface area (TPSA) is 49.5 Å². The summed E-state index contributed by atoms with van der Waals surface area (Å²) < 4.78 is 0. The van der Waals surface area contributed by atoms with Crippen LogP contribution in [0.3, 0.4) is 0 Å². The van der Waals surface area contributed by atoms with Crippen LogP contribution in [0.5, 0.6) is 0 Å². The average molecular weight is 254 g/mol. The summed E-state index contributed by atoms with van der Waals surface area (Å²) in [5.74, 6) is 0. The first-order chi connectivity index (χ1) is 8.09. The number of hydrogen-bond acceptors (Lipinski definition) is 4. The Bertz CT molecular complexity index is 364. The molecule has 0 aromatic carbocycles. The lowest BCUT2D eigenvalue weighted by molar-refractivity contribution is 0.0412. The van der Waals surface area contributed by atoms with Crippen LogP contribution in [0.4, 0.5) is 0 Å². The largest absolute Gasteiger partial charge is 0.392 e. The van der Waals surface area contributed by atoms with Crippen LogP contribution in [0.1, 0.15) is 36.2 Å². The second-order valence-corrected chi connectivity index (χ2v) is 6.01. The van der Waals surface area contributed by atoms with Crippen molar-refractivity contribution in [3.05, 3.63) is 21.9 Å². The van der Waals surface area contributed by atoms with Crippen LogP contribution < -0.4 is 5.73 Å². The van der Waals surface area contributed by atoms with Gasteiger partial charge in [-0.3, -0.25) is 4.90 Å². The molecule has 3 atom stereocenters. The average Bonchev–Trinajstić information content (AvgIpc) is 2.65. The number of nitrogens with two attached hydrogens (primary N) is 1. The number of thiophene rings is 1. The van der Waals surface area contributed by atoms with Crippen LogP contribution in [0, 0.1) is 6.92 Å². The van der Waals surface area contributed by atoms with Crippen molar-refractivity contribution in [1.29, 1.82) is 0 Å². The van der Waals surface area contributed by atoms with Gasteiger partial charge in [0, 0.05) is 17.5 Å². The lowest BCUT2D eigenvalue weighted by atomic mass is 9.99. The molecule has 0 saturated carbocycles. The summed E-state index contributed by atoms with van der Waals surface area (Å²) in [6.45, 7) is 6.00. The van der Waals surface area contributed by atoms with Crippen LogP contribution in [-0.4, -0.2) is 35.2 Å². The second-order valence-electron chi connectivity index (χ2n) is 5.06. The second kappa shape index (κ2) is 5.48. The minimum atomic E-state index is -0.190. The molecule has 1 aromatic heterocycles. The highest BCUT2D eigenvalue weighted by molar-refractivity contribution is 7.10. The van der Waals surface area contributed by atoms with Crippen molar-refractivity contribution < 1.29 is 5.11 Å². The molecule has 2 rings (SSSR count). The molecule has 96 valence electrons. The Kier molecular flexibility index (Phi) is 4.20. The van der Waals surface area contributed by atoms with Crippen molar-refractivity contribution in [3.8, 4) is 0 Å². The number of hydrogen-bond donors (Lipinski definition) is 2. The van der Waals surface area contributed by atoms with Gasteiger partial charge in [-0.05, 0) is 50.2 Å². The summed E-state index contributed by atoms with van der Waals surface area (Å²) in [4.78, 5) is 3.70. The van der Waals surface area contributed by atoms with E-state index in [1.807, 2.05) is 0 Å². The first kappa shape index (κ1) is 13.0. The predicted molar refractivity (Wildman–Crippen MR) is 72.3 cm³/mol. The minimum absolute atomic E-state index is 0.0950. The van der Waals surface area contributed by atoms with Crippen LogP contribution in [-0.2, 0) is 0 Å². The Morgan fingerprint density at radius 1 is 1.59 bits per heavy atom. The molecular formula is C13H22N2OS. The number of aliphatic hydroxyl groups is 1. The molecule has 1 aliphatic heterocycles. The van der Waals surface area contributed by atoms with Gasteiger partial charge in [0.15, 0.2) is 0 Å². The number of aliphatic hydroxyl groups excluding tert-OH is 1. The molecule has 17 heavy (non-hydrogen) atoms. The normalized spacial score (nSPS) is 25.8. The number of rotatable bonds is 3. The number of nitrogens with zero attached hydrogens (tertiary/aromatic N) is 1. The molecule has 4 heteroatoms. The molecule has 2 heterocycles. The molecule has 1 saturated heterocycles. The molecule has 0 amide bonds. The Labute approximate surface area is 107 Å². The number of piperidine rings is 1. The maximum atomic E-state index is 9.80. The Morgan fingerprint density at radius 3 is 2.88 bits per heavy atom. The summed E-state index contributed by atoms with van der Waals surface area (Å²) in [5, 5.41) is 11.9. The molecule has 1 aliphatic rings. The standard InChI is InChI=1S/C13H22N2OS/c1-9-5-7-17-13(9)12(10(2)14)15-6-3-4-11(16)8-15/h5,7,10-12,16H,3-4,6,8,14H2,1-2H3. The van der Waals surface area contributed by atoms with Crippen molar-refractivity contribution in [2.75, 3.05) is 13.1 Å². The van der Waals surface area contributed by atoms with E-state index >= 15 is 0 Å². The highest BCUT2D eigenvalue weighted by atomic mass is 32.1. The van der Waals surface area contributed by atoms with E-state index in [2.05, 4.69) is 30.2 Å². The molecule has 0 aliphatic carbocycles. The first-order valence-corrected chi connectivity index (χ1v) is 7.19. The molecule has 3 unspecified atom stereocenters. The van der Waals surface area contributed by atoms with E-state index in [-0.39, 0.29) is 18.2 Å². The van der Waals surface area contributed by atoms with Crippen molar-refractivity contribution >= 4 is 11.3 Å². The van der Waals surface area contributed by atoms with Gasteiger partial charge in [-0.1, -0.05) is 0 Å². The predicted octanol–water partition coefficient (Wildman–Crippen LogP) is 1.90. The molecule has 0 bridgehead atoms. The summed E-state index contributed by atoms with van der Waals surface area (Å²) in [6, 6.07) is 2.50. The van der Waals surface area contributed by atoms with E-state index in [0.717, 1.165) is 25.9 Å². The minimum Gasteiger partial charge on any atom is -0.392 e. The zero-order chi connectivity index (χ0) is 12.4. The Balaban J connectivity index is 2.20. The quantitative estimate of drug-likeness (QED) is 0.866. The third-order valence-corrected chi connectivity index (χ3v) is 4.58. The van der Waals surface area contributed by atoms with Gasteiger partial charge >= 0.3 is 0 Å². The molecule has 0 spiro atoms. The van der Waals surface area contributed by atoms with Gasteiger partial charge in [-0.25, -0.2) is 0 Å². The summed E-state index contributed by atoms with van der Waals surface area (Å²) >= 11 is 1.78. The fourth-order valence-electron chi connectivity index (χ4n) is 2.66. The Morgan fingerprint density at radius 2 is 2.35 bits per heavy atom. The van der Waals surface area contributed by atoms with Crippen molar-refractivity contribution in [2.24, 2.45) is 5.73 Å². The maximum absolute atomic E-state index is 9.80.